The van der Waals surface area contributed by atoms with Crippen molar-refractivity contribution in [2.45, 2.75) is 13.5 Å². The predicted molar refractivity (Wildman–Crippen MR) is 116 cm³/mol. The monoisotopic (exact) mass is 407 g/mol. The zero-order valence-corrected chi connectivity index (χ0v) is 17.6. The molecule has 3 aromatic rings. The van der Waals surface area contributed by atoms with Crippen LogP contribution in [0.15, 0.2) is 48.5 Å². The number of methoxy groups -OCH3 is 2. The van der Waals surface area contributed by atoms with Gasteiger partial charge in [0, 0.05) is 17.6 Å². The Kier molecular flexibility index (Phi) is 6.64. The molecule has 1 aromatic heterocycles. The molecule has 1 amide bonds. The van der Waals surface area contributed by atoms with Gasteiger partial charge >= 0.3 is 5.97 Å². The van der Waals surface area contributed by atoms with Crippen molar-refractivity contribution in [1.29, 1.82) is 0 Å². The highest BCUT2D eigenvalue weighted by molar-refractivity contribution is 5.98. The van der Waals surface area contributed by atoms with E-state index in [0.29, 0.717) is 23.5 Å². The third-order valence-electron chi connectivity index (χ3n) is 4.82. The molecule has 0 bridgehead atoms. The summed E-state index contributed by atoms with van der Waals surface area (Å²) in [6.45, 7) is 2.35. The van der Waals surface area contributed by atoms with Gasteiger partial charge in [0.2, 0.25) is 5.91 Å². The van der Waals surface area contributed by atoms with Crippen LogP contribution in [0, 0.1) is 6.92 Å². The number of likely N-dealkylation sites (N-methyl/N-ethyl adjacent to an activating group) is 1. The van der Waals surface area contributed by atoms with Gasteiger partial charge in [0.25, 0.3) is 0 Å². The average molecular weight is 407 g/mol. The Morgan fingerprint density at radius 2 is 1.77 bits per heavy atom. The number of nitrogens with one attached hydrogen (secondary N) is 1. The Morgan fingerprint density at radius 3 is 2.43 bits per heavy atom. The fourth-order valence-corrected chi connectivity index (χ4v) is 3.36. The summed E-state index contributed by atoms with van der Waals surface area (Å²) in [4.78, 5) is 31.3. The maximum Gasteiger partial charge on any atom is 0.340 e. The van der Waals surface area contributed by atoms with Crippen LogP contribution in [-0.2, 0) is 16.1 Å². The number of fused-ring (bicyclic) bond motifs is 1. The summed E-state index contributed by atoms with van der Waals surface area (Å²) in [6, 6.07) is 14.8. The summed E-state index contributed by atoms with van der Waals surface area (Å²) in [7, 11) is 4.75. The number of aromatic nitrogens is 1. The molecule has 0 saturated carbocycles. The molecule has 0 saturated heterocycles. The molecule has 0 fully saturated rings. The van der Waals surface area contributed by atoms with Crippen molar-refractivity contribution in [3.05, 3.63) is 65.4 Å². The standard InChI is InChI=1S/C23H25N3O4/c1-15-18-7-5-6-8-19(18)25-20(22(15)23(28)30-4)13-26(2)14-21(27)24-16-9-11-17(29-3)12-10-16/h5-12H,13-14H2,1-4H3,(H,24,27). The van der Waals surface area contributed by atoms with Gasteiger partial charge in [0.15, 0.2) is 0 Å². The van der Waals surface area contributed by atoms with Crippen molar-refractivity contribution in [3.63, 3.8) is 0 Å². The third kappa shape index (κ3) is 4.75. The lowest BCUT2D eigenvalue weighted by atomic mass is 10.0. The molecular formula is C23H25N3O4. The highest BCUT2D eigenvalue weighted by atomic mass is 16.5. The molecule has 7 heteroatoms. The van der Waals surface area contributed by atoms with E-state index in [0.717, 1.165) is 22.2 Å². The summed E-state index contributed by atoms with van der Waals surface area (Å²) >= 11 is 0. The number of carbonyl (C=O) groups is 2. The number of amides is 1. The molecule has 30 heavy (non-hydrogen) atoms. The molecule has 0 aliphatic heterocycles. The fraction of sp³-hybridized carbons (Fsp3) is 0.261. The van der Waals surface area contributed by atoms with Crippen molar-refractivity contribution < 1.29 is 19.1 Å². The zero-order valence-electron chi connectivity index (χ0n) is 17.6. The Bertz CT molecular complexity index is 1060. The van der Waals surface area contributed by atoms with Gasteiger partial charge in [-0.15, -0.1) is 0 Å². The Hall–Kier alpha value is -3.45. The minimum Gasteiger partial charge on any atom is -0.497 e. The van der Waals surface area contributed by atoms with Crippen LogP contribution in [0.25, 0.3) is 10.9 Å². The lowest BCUT2D eigenvalue weighted by Crippen LogP contribution is -2.31. The first-order valence-corrected chi connectivity index (χ1v) is 9.52. The summed E-state index contributed by atoms with van der Waals surface area (Å²) in [5.74, 6) is 0.120. The van der Waals surface area contributed by atoms with Gasteiger partial charge in [-0.05, 0) is 49.9 Å². The largest absolute Gasteiger partial charge is 0.497 e. The molecular weight excluding hydrogens is 382 g/mol. The van der Waals surface area contributed by atoms with E-state index in [4.69, 9.17) is 9.47 Å². The first-order chi connectivity index (χ1) is 14.4. The van der Waals surface area contributed by atoms with Gasteiger partial charge in [-0.3, -0.25) is 14.7 Å². The smallest absolute Gasteiger partial charge is 0.340 e. The van der Waals surface area contributed by atoms with Crippen LogP contribution in [0.1, 0.15) is 21.6 Å². The van der Waals surface area contributed by atoms with Crippen LogP contribution in [0.2, 0.25) is 0 Å². The van der Waals surface area contributed by atoms with Gasteiger partial charge in [-0.1, -0.05) is 18.2 Å². The van der Waals surface area contributed by atoms with Crippen LogP contribution in [0.3, 0.4) is 0 Å². The predicted octanol–water partition coefficient (Wildman–Crippen LogP) is 3.41. The molecule has 7 nitrogen and oxygen atoms in total. The highest BCUT2D eigenvalue weighted by Crippen LogP contribution is 2.24. The van der Waals surface area contributed by atoms with Crippen molar-refractivity contribution >= 4 is 28.5 Å². The van der Waals surface area contributed by atoms with Gasteiger partial charge in [0.05, 0.1) is 37.5 Å². The van der Waals surface area contributed by atoms with E-state index in [1.54, 1.807) is 38.4 Å². The molecule has 0 spiro atoms. The van der Waals surface area contributed by atoms with Crippen LogP contribution in [-0.4, -0.2) is 49.6 Å². The lowest BCUT2D eigenvalue weighted by Gasteiger charge is -2.19. The minimum atomic E-state index is -0.433. The minimum absolute atomic E-state index is 0.139. The Balaban J connectivity index is 1.77. The Morgan fingerprint density at radius 1 is 1.07 bits per heavy atom. The number of pyridine rings is 1. The SMILES string of the molecule is COC(=O)c1c(CN(C)CC(=O)Nc2ccc(OC)cc2)nc2ccccc2c1C. The number of anilines is 1. The number of hydrogen-bond donors (Lipinski definition) is 1. The summed E-state index contributed by atoms with van der Waals surface area (Å²) in [6.07, 6.45) is 0. The number of aryl methyl sites for hydroxylation is 1. The quantitative estimate of drug-likeness (QED) is 0.605. The van der Waals surface area contributed by atoms with Crippen molar-refractivity contribution in [2.75, 3.05) is 33.1 Å². The van der Waals surface area contributed by atoms with E-state index in [1.807, 2.05) is 36.1 Å². The van der Waals surface area contributed by atoms with Gasteiger partial charge < -0.3 is 14.8 Å². The molecule has 3 rings (SSSR count). The maximum absolute atomic E-state index is 12.4. The molecule has 0 aliphatic carbocycles. The van der Waals surface area contributed by atoms with E-state index in [1.165, 1.54) is 7.11 Å². The molecule has 156 valence electrons. The van der Waals surface area contributed by atoms with E-state index >= 15 is 0 Å². The third-order valence-corrected chi connectivity index (χ3v) is 4.82. The van der Waals surface area contributed by atoms with Crippen LogP contribution in [0.5, 0.6) is 5.75 Å². The van der Waals surface area contributed by atoms with Gasteiger partial charge in [-0.2, -0.15) is 0 Å². The molecule has 2 aromatic carbocycles. The summed E-state index contributed by atoms with van der Waals surface area (Å²) < 4.78 is 10.1. The van der Waals surface area contributed by atoms with E-state index < -0.39 is 5.97 Å². The number of nitrogens with zero attached hydrogens (tertiary/aromatic N) is 2. The van der Waals surface area contributed by atoms with Crippen LogP contribution < -0.4 is 10.1 Å². The summed E-state index contributed by atoms with van der Waals surface area (Å²) in [5.41, 5.74) is 3.33. The fourth-order valence-electron chi connectivity index (χ4n) is 3.36. The number of carbonyl (C=O) groups excluding carboxylic acids is 2. The molecule has 1 N–H and O–H groups in total. The topological polar surface area (TPSA) is 80.8 Å². The van der Waals surface area contributed by atoms with E-state index in [2.05, 4.69) is 10.3 Å². The summed E-state index contributed by atoms with van der Waals surface area (Å²) in [5, 5.41) is 3.76. The van der Waals surface area contributed by atoms with E-state index in [9.17, 15) is 9.59 Å². The van der Waals surface area contributed by atoms with E-state index in [-0.39, 0.29) is 12.5 Å². The Labute approximate surface area is 175 Å². The first kappa shape index (κ1) is 21.3. The van der Waals surface area contributed by atoms with Crippen LogP contribution >= 0.6 is 0 Å². The lowest BCUT2D eigenvalue weighted by molar-refractivity contribution is -0.117. The number of hydrogen-bond acceptors (Lipinski definition) is 6. The first-order valence-electron chi connectivity index (χ1n) is 9.52. The number of ether oxygens (including phenoxy) is 2. The highest BCUT2D eigenvalue weighted by Gasteiger charge is 2.21. The van der Waals surface area contributed by atoms with Gasteiger partial charge in [-0.25, -0.2) is 4.79 Å². The van der Waals surface area contributed by atoms with Crippen molar-refractivity contribution in [3.8, 4) is 5.75 Å². The molecule has 0 atom stereocenters. The molecule has 0 unspecified atom stereocenters. The number of esters is 1. The number of para-hydroxylation sites is 1. The van der Waals surface area contributed by atoms with Crippen molar-refractivity contribution in [1.82, 2.24) is 9.88 Å². The maximum atomic E-state index is 12.4. The second-order valence-corrected chi connectivity index (χ2v) is 7.02. The number of benzene rings is 2. The zero-order chi connectivity index (χ0) is 21.7. The van der Waals surface area contributed by atoms with Crippen LogP contribution in [0.4, 0.5) is 5.69 Å². The second kappa shape index (κ2) is 9.37. The molecule has 0 radical (unpaired) electrons. The molecule has 0 aliphatic rings. The number of rotatable bonds is 7. The second-order valence-electron chi connectivity index (χ2n) is 7.02. The van der Waals surface area contributed by atoms with Crippen molar-refractivity contribution in [2.24, 2.45) is 0 Å². The average Bonchev–Trinajstić information content (AvgIpc) is 2.74. The van der Waals surface area contributed by atoms with Gasteiger partial charge in [0.1, 0.15) is 5.75 Å². The molecule has 1 heterocycles. The normalized spacial score (nSPS) is 10.8.